The molecule has 1 aromatic heterocycles. The number of carbonyl (C=O) groups is 1. The number of fused-ring (bicyclic) bond motifs is 1. The van der Waals surface area contributed by atoms with Crippen molar-refractivity contribution in [1.29, 1.82) is 0 Å². The molecule has 1 aromatic carbocycles. The maximum absolute atomic E-state index is 12.5. The number of carbonyl (C=O) groups excluding carboxylic acids is 1. The van der Waals surface area contributed by atoms with Crippen LogP contribution in [0.1, 0.15) is 53.9 Å². The first-order valence-electron chi connectivity index (χ1n) is 8.59. The first-order valence-corrected chi connectivity index (χ1v) is 8.59. The number of hydrogen-bond donors (Lipinski definition) is 1. The van der Waals surface area contributed by atoms with Crippen LogP contribution in [0.5, 0.6) is 0 Å². The Morgan fingerprint density at radius 3 is 2.78 bits per heavy atom. The van der Waals surface area contributed by atoms with E-state index >= 15 is 0 Å². The molecule has 2 aromatic rings. The molecule has 2 aliphatic carbocycles. The van der Waals surface area contributed by atoms with E-state index in [0.29, 0.717) is 23.5 Å². The summed E-state index contributed by atoms with van der Waals surface area (Å²) < 4.78 is 5.18. The van der Waals surface area contributed by atoms with Crippen LogP contribution in [0.2, 0.25) is 0 Å². The van der Waals surface area contributed by atoms with Gasteiger partial charge in [0, 0.05) is 18.0 Å². The van der Waals surface area contributed by atoms with Gasteiger partial charge in [0.05, 0.1) is 5.69 Å². The highest BCUT2D eigenvalue weighted by atomic mass is 16.5. The van der Waals surface area contributed by atoms with Crippen LogP contribution in [0.25, 0.3) is 0 Å². The summed E-state index contributed by atoms with van der Waals surface area (Å²) in [5, 5.41) is 7.13. The molecule has 4 heteroatoms. The summed E-state index contributed by atoms with van der Waals surface area (Å²) in [5.41, 5.74) is 2.16. The lowest BCUT2D eigenvalue weighted by atomic mass is 9.60. The molecule has 4 atom stereocenters. The summed E-state index contributed by atoms with van der Waals surface area (Å²) in [4.78, 5) is 12.5. The topological polar surface area (TPSA) is 55.1 Å². The molecule has 2 aliphatic rings. The highest BCUT2D eigenvalue weighted by molar-refractivity contribution is 5.91. The Morgan fingerprint density at radius 1 is 1.26 bits per heavy atom. The fourth-order valence-corrected chi connectivity index (χ4v) is 4.43. The van der Waals surface area contributed by atoms with Crippen LogP contribution in [0.15, 0.2) is 40.9 Å². The van der Waals surface area contributed by atoms with Gasteiger partial charge in [-0.3, -0.25) is 4.79 Å². The molecule has 1 heterocycles. The summed E-state index contributed by atoms with van der Waals surface area (Å²) >= 11 is 0. The minimum Gasteiger partial charge on any atom is -0.351 e. The molecular weight excluding hydrogens is 288 g/mol. The second-order valence-corrected chi connectivity index (χ2v) is 6.73. The largest absolute Gasteiger partial charge is 0.351 e. The number of rotatable bonds is 4. The number of hydrogen-bond acceptors (Lipinski definition) is 3. The Hall–Kier alpha value is -2.10. The van der Waals surface area contributed by atoms with Gasteiger partial charge in [-0.1, -0.05) is 48.8 Å². The number of benzene rings is 1. The molecule has 0 aliphatic heterocycles. The fraction of sp³-hybridized carbons (Fsp3) is 0.474. The third-order valence-corrected chi connectivity index (χ3v) is 5.56. The number of aryl methyl sites for hydroxylation is 1. The average Bonchev–Trinajstić information content (AvgIpc) is 3.21. The molecule has 0 radical (unpaired) electrons. The molecule has 0 saturated heterocycles. The van der Waals surface area contributed by atoms with Crippen LogP contribution < -0.4 is 5.32 Å². The van der Waals surface area contributed by atoms with Crippen LogP contribution in [0.4, 0.5) is 0 Å². The predicted molar refractivity (Wildman–Crippen MR) is 87.1 cm³/mol. The number of aromatic nitrogens is 1. The average molecular weight is 310 g/mol. The van der Waals surface area contributed by atoms with Crippen molar-refractivity contribution in [1.82, 2.24) is 10.5 Å². The summed E-state index contributed by atoms with van der Waals surface area (Å²) in [6.45, 7) is 2.00. The molecule has 2 fully saturated rings. The van der Waals surface area contributed by atoms with Crippen molar-refractivity contribution in [3.05, 3.63) is 53.4 Å². The van der Waals surface area contributed by atoms with Crippen LogP contribution in [0, 0.1) is 11.8 Å². The third kappa shape index (κ3) is 2.46. The second kappa shape index (κ2) is 5.84. The lowest BCUT2D eigenvalue weighted by molar-refractivity contribution is 0.0662. The molecule has 1 amide bonds. The Balaban J connectivity index is 1.53. The van der Waals surface area contributed by atoms with Gasteiger partial charge in [0.2, 0.25) is 5.76 Å². The van der Waals surface area contributed by atoms with Gasteiger partial charge in [0.15, 0.2) is 0 Å². The summed E-state index contributed by atoms with van der Waals surface area (Å²) in [5.74, 6) is 1.95. The van der Waals surface area contributed by atoms with E-state index in [1.165, 1.54) is 24.8 Å². The molecule has 0 bridgehead atoms. The van der Waals surface area contributed by atoms with Crippen molar-refractivity contribution in [2.24, 2.45) is 11.8 Å². The Morgan fingerprint density at radius 2 is 2.04 bits per heavy atom. The van der Waals surface area contributed by atoms with Crippen LogP contribution in [0.3, 0.4) is 0 Å². The lowest BCUT2D eigenvalue weighted by Crippen LogP contribution is -2.56. The second-order valence-electron chi connectivity index (χ2n) is 6.73. The molecule has 1 N–H and O–H groups in total. The van der Waals surface area contributed by atoms with Crippen molar-refractivity contribution < 1.29 is 9.32 Å². The maximum atomic E-state index is 12.5. The molecule has 4 nitrogen and oxygen atoms in total. The van der Waals surface area contributed by atoms with Gasteiger partial charge < -0.3 is 9.84 Å². The van der Waals surface area contributed by atoms with Crippen LogP contribution >= 0.6 is 0 Å². The summed E-state index contributed by atoms with van der Waals surface area (Å²) in [6, 6.07) is 12.5. The zero-order chi connectivity index (χ0) is 15.8. The van der Waals surface area contributed by atoms with E-state index in [1.54, 1.807) is 6.07 Å². The van der Waals surface area contributed by atoms with E-state index in [-0.39, 0.29) is 11.9 Å². The molecule has 23 heavy (non-hydrogen) atoms. The maximum Gasteiger partial charge on any atom is 0.290 e. The molecule has 120 valence electrons. The van der Waals surface area contributed by atoms with E-state index in [4.69, 9.17) is 4.52 Å². The van der Waals surface area contributed by atoms with Crippen molar-refractivity contribution >= 4 is 5.91 Å². The zero-order valence-electron chi connectivity index (χ0n) is 13.4. The normalized spacial score (nSPS) is 28.9. The molecule has 2 saturated carbocycles. The van der Waals surface area contributed by atoms with Gasteiger partial charge in [-0.05, 0) is 36.7 Å². The van der Waals surface area contributed by atoms with E-state index < -0.39 is 0 Å². The minimum atomic E-state index is -0.131. The first kappa shape index (κ1) is 14.5. The Kier molecular flexibility index (Phi) is 3.68. The molecule has 0 spiro atoms. The standard InChI is InChI=1S/C19H22N2O2/c1-2-13-11-16(23-21-13)19(22)20-18-15-10-6-9-14(15)17(18)12-7-4-3-5-8-12/h3-5,7-8,11,14-15,17-18H,2,6,9-10H2,1H3,(H,20,22)/t14-,15-,17-,18-/m1/s1. The van der Waals surface area contributed by atoms with E-state index in [1.807, 2.05) is 13.0 Å². The highest BCUT2D eigenvalue weighted by Gasteiger charge is 2.53. The predicted octanol–water partition coefficient (Wildman–Crippen LogP) is 3.55. The van der Waals surface area contributed by atoms with Crippen molar-refractivity contribution in [3.63, 3.8) is 0 Å². The lowest BCUT2D eigenvalue weighted by Gasteiger charge is -2.49. The summed E-state index contributed by atoms with van der Waals surface area (Å²) in [6.07, 6.45) is 4.54. The Labute approximate surface area is 136 Å². The van der Waals surface area contributed by atoms with Crippen LogP contribution in [-0.2, 0) is 6.42 Å². The quantitative estimate of drug-likeness (QED) is 0.939. The first-order chi connectivity index (χ1) is 11.3. The van der Waals surface area contributed by atoms with Crippen molar-refractivity contribution in [3.8, 4) is 0 Å². The highest BCUT2D eigenvalue weighted by Crippen LogP contribution is 2.55. The Bertz CT molecular complexity index is 694. The number of nitrogens with one attached hydrogen (secondary N) is 1. The smallest absolute Gasteiger partial charge is 0.290 e. The molecular formula is C19H22N2O2. The number of nitrogens with zero attached hydrogens (tertiary/aromatic N) is 1. The minimum absolute atomic E-state index is 0.131. The SMILES string of the molecule is CCc1cc(C(=O)N[C@@H]2[C@@H]3CCC[C@H]3[C@H]2c2ccccc2)on1. The molecule has 0 unspecified atom stereocenters. The van der Waals surface area contributed by atoms with E-state index in [2.05, 4.69) is 34.7 Å². The van der Waals surface area contributed by atoms with Gasteiger partial charge in [-0.15, -0.1) is 0 Å². The van der Waals surface area contributed by atoms with E-state index in [0.717, 1.165) is 12.1 Å². The van der Waals surface area contributed by atoms with Crippen molar-refractivity contribution in [2.75, 3.05) is 0 Å². The van der Waals surface area contributed by atoms with Gasteiger partial charge in [0.1, 0.15) is 0 Å². The molecule has 4 rings (SSSR count). The summed E-state index contributed by atoms with van der Waals surface area (Å²) in [7, 11) is 0. The number of amides is 1. The zero-order valence-corrected chi connectivity index (χ0v) is 13.4. The van der Waals surface area contributed by atoms with Crippen molar-refractivity contribution in [2.45, 2.75) is 44.6 Å². The van der Waals surface area contributed by atoms with Gasteiger partial charge >= 0.3 is 0 Å². The van der Waals surface area contributed by atoms with Gasteiger partial charge in [-0.25, -0.2) is 0 Å². The van der Waals surface area contributed by atoms with E-state index in [9.17, 15) is 4.79 Å². The third-order valence-electron chi connectivity index (χ3n) is 5.56. The fourth-order valence-electron chi connectivity index (χ4n) is 4.43. The van der Waals surface area contributed by atoms with Gasteiger partial charge in [-0.2, -0.15) is 0 Å². The monoisotopic (exact) mass is 310 g/mol. The van der Waals surface area contributed by atoms with Crippen LogP contribution in [-0.4, -0.2) is 17.1 Å². The van der Waals surface area contributed by atoms with Gasteiger partial charge in [0.25, 0.3) is 5.91 Å².